The van der Waals surface area contributed by atoms with Crippen LogP contribution in [0.5, 0.6) is 5.88 Å². The van der Waals surface area contributed by atoms with E-state index in [1.165, 1.54) is 0 Å². The van der Waals surface area contributed by atoms with Crippen LogP contribution >= 0.6 is 0 Å². The number of aryl methyl sites for hydroxylation is 2. The average molecular weight is 368 g/mol. The van der Waals surface area contributed by atoms with Crippen LogP contribution in [-0.2, 0) is 6.42 Å². The van der Waals surface area contributed by atoms with Gasteiger partial charge in [-0.1, -0.05) is 6.07 Å². The quantitative estimate of drug-likeness (QED) is 0.829. The second-order valence-corrected chi connectivity index (χ2v) is 7.37. The minimum Gasteiger partial charge on any atom is -0.474 e. The first-order valence-corrected chi connectivity index (χ1v) is 9.57. The highest BCUT2D eigenvalue weighted by molar-refractivity contribution is 6.03. The minimum absolute atomic E-state index is 0.0510. The Balaban J connectivity index is 1.42. The maximum Gasteiger partial charge on any atom is 0.289 e. The molecule has 1 amide bonds. The molecule has 2 aromatic rings. The number of hydrogen-bond acceptors (Lipinski definition) is 5. The van der Waals surface area contributed by atoms with Gasteiger partial charge in [-0.3, -0.25) is 9.59 Å². The topological polar surface area (TPSA) is 72.6 Å². The number of piperidine rings is 1. The van der Waals surface area contributed by atoms with Gasteiger partial charge in [0.15, 0.2) is 11.5 Å². The largest absolute Gasteiger partial charge is 0.474 e. The molecule has 0 N–H and O–H groups in total. The maximum absolute atomic E-state index is 12.9. The highest BCUT2D eigenvalue weighted by Gasteiger charge is 2.32. The van der Waals surface area contributed by atoms with Gasteiger partial charge in [0.05, 0.1) is 5.56 Å². The molecule has 0 spiro atoms. The Morgan fingerprint density at radius 1 is 1.26 bits per heavy atom. The molecule has 1 aliphatic carbocycles. The molecule has 0 aromatic carbocycles. The van der Waals surface area contributed by atoms with E-state index in [9.17, 15) is 9.59 Å². The first-order chi connectivity index (χ1) is 13.0. The number of ketones is 1. The van der Waals surface area contributed by atoms with Crippen molar-refractivity contribution in [3.63, 3.8) is 0 Å². The molecule has 1 aliphatic heterocycles. The van der Waals surface area contributed by atoms with Crippen LogP contribution in [0.25, 0.3) is 0 Å². The van der Waals surface area contributed by atoms with Gasteiger partial charge in [0.1, 0.15) is 11.9 Å². The van der Waals surface area contributed by atoms with Crippen molar-refractivity contribution in [2.24, 2.45) is 0 Å². The predicted molar refractivity (Wildman–Crippen MR) is 99.2 cm³/mol. The third kappa shape index (κ3) is 3.36. The molecule has 2 aliphatic rings. The molecule has 27 heavy (non-hydrogen) atoms. The molecule has 0 bridgehead atoms. The summed E-state index contributed by atoms with van der Waals surface area (Å²) in [5, 5.41) is 0. The number of hydrogen-bond donors (Lipinski definition) is 0. The van der Waals surface area contributed by atoms with Crippen LogP contribution in [0.1, 0.15) is 63.5 Å². The number of amides is 1. The first-order valence-electron chi connectivity index (χ1n) is 9.57. The number of carbonyl (C=O) groups is 2. The van der Waals surface area contributed by atoms with Crippen molar-refractivity contribution in [1.29, 1.82) is 0 Å². The van der Waals surface area contributed by atoms with Crippen molar-refractivity contribution in [1.82, 2.24) is 9.88 Å². The van der Waals surface area contributed by atoms with Crippen LogP contribution in [0, 0.1) is 13.8 Å². The molecule has 2 aromatic heterocycles. The van der Waals surface area contributed by atoms with Crippen molar-refractivity contribution in [3.05, 3.63) is 46.5 Å². The van der Waals surface area contributed by atoms with Crippen LogP contribution < -0.4 is 4.74 Å². The molecule has 6 heteroatoms. The van der Waals surface area contributed by atoms with Gasteiger partial charge in [0.25, 0.3) is 5.91 Å². The third-order valence-electron chi connectivity index (χ3n) is 5.47. The van der Waals surface area contributed by atoms with E-state index in [4.69, 9.17) is 9.15 Å². The standard InChI is InChI=1S/C21H24N2O4/c1-13-5-4-10-22-20(13)26-15-8-11-23(12-9-15)21(25)19-14(2)18-16(24)6-3-7-17(18)27-19/h4-5,10,15H,3,6-9,11-12H2,1-2H3. The molecule has 3 heterocycles. The number of carbonyl (C=O) groups excluding carboxylic acids is 2. The maximum atomic E-state index is 12.9. The van der Waals surface area contributed by atoms with Crippen LogP contribution in [0.15, 0.2) is 22.7 Å². The number of Topliss-reactive ketones (excluding diaryl/α,β-unsaturated/α-hetero) is 1. The van der Waals surface area contributed by atoms with Gasteiger partial charge in [-0.05, 0) is 26.3 Å². The summed E-state index contributed by atoms with van der Waals surface area (Å²) in [4.78, 5) is 31.2. The Labute approximate surface area is 158 Å². The Morgan fingerprint density at radius 3 is 2.74 bits per heavy atom. The third-order valence-corrected chi connectivity index (χ3v) is 5.47. The lowest BCUT2D eigenvalue weighted by atomic mass is 9.94. The highest BCUT2D eigenvalue weighted by atomic mass is 16.5. The molecular formula is C21H24N2O4. The summed E-state index contributed by atoms with van der Waals surface area (Å²) in [7, 11) is 0. The Kier molecular flexibility index (Phi) is 4.72. The molecule has 4 rings (SSSR count). The monoisotopic (exact) mass is 368 g/mol. The van der Waals surface area contributed by atoms with Gasteiger partial charge in [-0.15, -0.1) is 0 Å². The highest BCUT2D eigenvalue weighted by Crippen LogP contribution is 2.30. The van der Waals surface area contributed by atoms with E-state index in [2.05, 4.69) is 4.98 Å². The summed E-state index contributed by atoms with van der Waals surface area (Å²) < 4.78 is 11.8. The summed E-state index contributed by atoms with van der Waals surface area (Å²) in [6.07, 6.45) is 5.34. The lowest BCUT2D eigenvalue weighted by molar-refractivity contribution is 0.0555. The van der Waals surface area contributed by atoms with Crippen LogP contribution in [-0.4, -0.2) is 40.8 Å². The van der Waals surface area contributed by atoms with Crippen molar-refractivity contribution in [2.75, 3.05) is 13.1 Å². The van der Waals surface area contributed by atoms with Crippen molar-refractivity contribution < 1.29 is 18.7 Å². The molecule has 1 saturated heterocycles. The molecule has 0 atom stereocenters. The summed E-state index contributed by atoms with van der Waals surface area (Å²) in [6, 6.07) is 3.86. The fourth-order valence-electron chi connectivity index (χ4n) is 3.93. The van der Waals surface area contributed by atoms with Gasteiger partial charge in [-0.2, -0.15) is 0 Å². The number of nitrogens with zero attached hydrogens (tertiary/aromatic N) is 2. The van der Waals surface area contributed by atoms with E-state index in [0.29, 0.717) is 48.0 Å². The van der Waals surface area contributed by atoms with E-state index in [0.717, 1.165) is 31.2 Å². The normalized spacial score (nSPS) is 17.7. The molecular weight excluding hydrogens is 344 g/mol. The van der Waals surface area contributed by atoms with Gasteiger partial charge in [0, 0.05) is 56.1 Å². The molecule has 6 nitrogen and oxygen atoms in total. The Hall–Kier alpha value is -2.63. The molecule has 0 radical (unpaired) electrons. The fraction of sp³-hybridized carbons (Fsp3) is 0.476. The number of rotatable bonds is 3. The zero-order chi connectivity index (χ0) is 19.0. The Morgan fingerprint density at radius 2 is 2.04 bits per heavy atom. The van der Waals surface area contributed by atoms with Crippen molar-refractivity contribution in [3.8, 4) is 5.88 Å². The van der Waals surface area contributed by atoms with Crippen LogP contribution in [0.3, 0.4) is 0 Å². The summed E-state index contributed by atoms with van der Waals surface area (Å²) in [5.41, 5.74) is 2.34. The molecule has 0 saturated carbocycles. The van der Waals surface area contributed by atoms with Crippen molar-refractivity contribution in [2.45, 2.75) is 52.1 Å². The van der Waals surface area contributed by atoms with Gasteiger partial charge >= 0.3 is 0 Å². The number of furan rings is 1. The van der Waals surface area contributed by atoms with Crippen molar-refractivity contribution >= 4 is 11.7 Å². The fourth-order valence-corrected chi connectivity index (χ4v) is 3.93. The first kappa shape index (κ1) is 17.8. The molecule has 1 fully saturated rings. The minimum atomic E-state index is -0.123. The lowest BCUT2D eigenvalue weighted by Crippen LogP contribution is -2.42. The second kappa shape index (κ2) is 7.18. The lowest BCUT2D eigenvalue weighted by Gasteiger charge is -2.31. The number of likely N-dealkylation sites (tertiary alicyclic amines) is 1. The van der Waals surface area contributed by atoms with Gasteiger partial charge in [0.2, 0.25) is 5.88 Å². The molecule has 142 valence electrons. The zero-order valence-electron chi connectivity index (χ0n) is 15.8. The summed E-state index contributed by atoms with van der Waals surface area (Å²) >= 11 is 0. The average Bonchev–Trinajstić information content (AvgIpc) is 3.01. The number of ether oxygens (including phenoxy) is 1. The zero-order valence-corrected chi connectivity index (χ0v) is 15.8. The number of fused-ring (bicyclic) bond motifs is 1. The van der Waals surface area contributed by atoms with E-state index < -0.39 is 0 Å². The SMILES string of the molecule is Cc1cccnc1OC1CCN(C(=O)c2oc3c(c2C)C(=O)CCC3)CC1. The summed E-state index contributed by atoms with van der Waals surface area (Å²) in [5.74, 6) is 1.64. The summed E-state index contributed by atoms with van der Waals surface area (Å²) in [6.45, 7) is 5.00. The van der Waals surface area contributed by atoms with Gasteiger partial charge in [-0.25, -0.2) is 4.98 Å². The van der Waals surface area contributed by atoms with E-state index in [1.807, 2.05) is 26.0 Å². The van der Waals surface area contributed by atoms with Crippen LogP contribution in [0.2, 0.25) is 0 Å². The van der Waals surface area contributed by atoms with E-state index in [-0.39, 0.29) is 17.8 Å². The predicted octanol–water partition coefficient (Wildman–Crippen LogP) is 3.49. The number of aromatic nitrogens is 1. The van der Waals surface area contributed by atoms with Gasteiger partial charge < -0.3 is 14.1 Å². The van der Waals surface area contributed by atoms with E-state index in [1.54, 1.807) is 11.1 Å². The second-order valence-electron chi connectivity index (χ2n) is 7.37. The smallest absolute Gasteiger partial charge is 0.289 e. The van der Waals surface area contributed by atoms with Crippen LogP contribution in [0.4, 0.5) is 0 Å². The Bertz CT molecular complexity index is 878. The number of pyridine rings is 1. The van der Waals surface area contributed by atoms with E-state index >= 15 is 0 Å². The molecule has 0 unspecified atom stereocenters.